The number of benzene rings is 1. The first-order valence-corrected chi connectivity index (χ1v) is 5.03. The topological polar surface area (TPSA) is 49.3 Å². The van der Waals surface area contributed by atoms with E-state index in [2.05, 4.69) is 5.32 Å². The van der Waals surface area contributed by atoms with E-state index in [1.807, 2.05) is 0 Å². The summed E-state index contributed by atoms with van der Waals surface area (Å²) in [6, 6.07) is 6.49. The van der Waals surface area contributed by atoms with Crippen LogP contribution in [0.3, 0.4) is 0 Å². The lowest BCUT2D eigenvalue weighted by atomic mass is 10.2. The second-order valence-electron chi connectivity index (χ2n) is 3.27. The monoisotopic (exact) mass is 223 g/mol. The SMILES string of the molecule is O=C(O)CCNC/C=C/c1ccccc1F. The van der Waals surface area contributed by atoms with Crippen LogP contribution in [0, 0.1) is 5.82 Å². The molecule has 0 aliphatic carbocycles. The second kappa shape index (κ2) is 6.74. The van der Waals surface area contributed by atoms with Crippen molar-refractivity contribution < 1.29 is 14.3 Å². The maximum atomic E-state index is 13.1. The Morgan fingerprint density at radius 3 is 2.88 bits per heavy atom. The molecule has 0 radical (unpaired) electrons. The standard InChI is InChI=1S/C12H14FNO2/c13-11-6-2-1-4-10(11)5-3-8-14-9-7-12(15)16/h1-6,14H,7-9H2,(H,15,16)/b5-3+. The Bertz CT molecular complexity index is 377. The minimum absolute atomic E-state index is 0.0908. The summed E-state index contributed by atoms with van der Waals surface area (Å²) in [5.41, 5.74) is 0.530. The zero-order chi connectivity index (χ0) is 11.8. The van der Waals surface area contributed by atoms with Crippen molar-refractivity contribution in [3.05, 3.63) is 41.7 Å². The fourth-order valence-corrected chi connectivity index (χ4v) is 1.18. The van der Waals surface area contributed by atoms with Crippen molar-refractivity contribution in [1.82, 2.24) is 5.32 Å². The molecule has 4 heteroatoms. The summed E-state index contributed by atoms with van der Waals surface area (Å²) in [5.74, 6) is -1.09. The van der Waals surface area contributed by atoms with Crippen molar-refractivity contribution in [2.75, 3.05) is 13.1 Å². The van der Waals surface area contributed by atoms with Crippen LogP contribution in [0.25, 0.3) is 6.08 Å². The summed E-state index contributed by atoms with van der Waals surface area (Å²) >= 11 is 0. The van der Waals surface area contributed by atoms with Crippen LogP contribution in [0.4, 0.5) is 4.39 Å². The molecule has 0 bridgehead atoms. The molecule has 86 valence electrons. The second-order valence-corrected chi connectivity index (χ2v) is 3.27. The third-order valence-electron chi connectivity index (χ3n) is 1.98. The number of aliphatic carboxylic acids is 1. The molecule has 0 atom stereocenters. The zero-order valence-corrected chi connectivity index (χ0v) is 8.82. The molecular formula is C12H14FNO2. The molecule has 0 aromatic heterocycles. The van der Waals surface area contributed by atoms with Crippen molar-refractivity contribution in [2.24, 2.45) is 0 Å². The van der Waals surface area contributed by atoms with Crippen molar-refractivity contribution in [3.63, 3.8) is 0 Å². The molecule has 0 fully saturated rings. The molecule has 16 heavy (non-hydrogen) atoms. The maximum absolute atomic E-state index is 13.1. The molecule has 0 spiro atoms. The molecule has 0 aliphatic heterocycles. The molecular weight excluding hydrogens is 209 g/mol. The molecule has 0 unspecified atom stereocenters. The van der Waals surface area contributed by atoms with Gasteiger partial charge in [0.2, 0.25) is 0 Å². The van der Waals surface area contributed by atoms with E-state index in [0.29, 0.717) is 18.7 Å². The molecule has 0 saturated carbocycles. The van der Waals surface area contributed by atoms with Gasteiger partial charge in [-0.05, 0) is 6.07 Å². The highest BCUT2D eigenvalue weighted by Crippen LogP contribution is 2.07. The van der Waals surface area contributed by atoms with Gasteiger partial charge in [-0.25, -0.2) is 4.39 Å². The summed E-state index contributed by atoms with van der Waals surface area (Å²) in [5, 5.41) is 11.3. The Hall–Kier alpha value is -1.68. The normalized spacial score (nSPS) is 10.8. The summed E-state index contributed by atoms with van der Waals surface area (Å²) in [7, 11) is 0. The highest BCUT2D eigenvalue weighted by atomic mass is 19.1. The fraction of sp³-hybridized carbons (Fsp3) is 0.250. The zero-order valence-electron chi connectivity index (χ0n) is 8.82. The minimum Gasteiger partial charge on any atom is -0.481 e. The first kappa shape index (κ1) is 12.4. The predicted octanol–water partition coefficient (Wildman–Crippen LogP) is 1.90. The van der Waals surface area contributed by atoms with Gasteiger partial charge in [0.1, 0.15) is 5.82 Å². The lowest BCUT2D eigenvalue weighted by Crippen LogP contribution is -2.17. The molecule has 1 rings (SSSR count). The van der Waals surface area contributed by atoms with Crippen LogP contribution in [0.15, 0.2) is 30.3 Å². The first-order chi connectivity index (χ1) is 7.70. The Balaban J connectivity index is 2.27. The average molecular weight is 223 g/mol. The van der Waals surface area contributed by atoms with Gasteiger partial charge in [0.25, 0.3) is 0 Å². The largest absolute Gasteiger partial charge is 0.481 e. The molecule has 2 N–H and O–H groups in total. The summed E-state index contributed by atoms with van der Waals surface area (Å²) < 4.78 is 13.1. The molecule has 3 nitrogen and oxygen atoms in total. The number of halogens is 1. The molecule has 0 heterocycles. The number of carbonyl (C=O) groups is 1. The van der Waals surface area contributed by atoms with Gasteiger partial charge in [0, 0.05) is 18.7 Å². The summed E-state index contributed by atoms with van der Waals surface area (Å²) in [6.07, 6.45) is 3.52. The average Bonchev–Trinajstić information content (AvgIpc) is 2.25. The first-order valence-electron chi connectivity index (χ1n) is 5.03. The van der Waals surface area contributed by atoms with E-state index in [1.165, 1.54) is 6.07 Å². The van der Waals surface area contributed by atoms with Crippen molar-refractivity contribution in [2.45, 2.75) is 6.42 Å². The lowest BCUT2D eigenvalue weighted by Gasteiger charge is -1.98. The molecule has 0 aliphatic rings. The van der Waals surface area contributed by atoms with E-state index in [0.717, 1.165) is 0 Å². The number of carboxylic acid groups (broad SMARTS) is 1. The van der Waals surface area contributed by atoms with Gasteiger partial charge in [0.15, 0.2) is 0 Å². The van der Waals surface area contributed by atoms with Gasteiger partial charge in [0.05, 0.1) is 6.42 Å². The van der Waals surface area contributed by atoms with Gasteiger partial charge >= 0.3 is 5.97 Å². The third kappa shape index (κ3) is 4.70. The third-order valence-corrected chi connectivity index (χ3v) is 1.98. The maximum Gasteiger partial charge on any atom is 0.304 e. The van der Waals surface area contributed by atoms with Crippen molar-refractivity contribution >= 4 is 12.0 Å². The van der Waals surface area contributed by atoms with E-state index >= 15 is 0 Å². The molecule has 1 aromatic rings. The van der Waals surface area contributed by atoms with Gasteiger partial charge in [-0.1, -0.05) is 30.4 Å². The summed E-state index contributed by atoms with van der Waals surface area (Å²) in [4.78, 5) is 10.2. The fourth-order valence-electron chi connectivity index (χ4n) is 1.18. The highest BCUT2D eigenvalue weighted by molar-refractivity contribution is 5.66. The van der Waals surface area contributed by atoms with Crippen LogP contribution < -0.4 is 5.32 Å². The highest BCUT2D eigenvalue weighted by Gasteiger charge is 1.95. The van der Waals surface area contributed by atoms with Gasteiger partial charge in [-0.15, -0.1) is 0 Å². The predicted molar refractivity (Wildman–Crippen MR) is 60.6 cm³/mol. The minimum atomic E-state index is -0.828. The molecule has 0 saturated heterocycles. The Morgan fingerprint density at radius 2 is 2.19 bits per heavy atom. The smallest absolute Gasteiger partial charge is 0.304 e. The van der Waals surface area contributed by atoms with Crippen LogP contribution in [0.2, 0.25) is 0 Å². The molecule has 1 aromatic carbocycles. The van der Waals surface area contributed by atoms with Crippen LogP contribution in [-0.4, -0.2) is 24.2 Å². The van der Waals surface area contributed by atoms with Crippen LogP contribution in [-0.2, 0) is 4.79 Å². The number of nitrogens with one attached hydrogen (secondary N) is 1. The van der Waals surface area contributed by atoms with Crippen molar-refractivity contribution in [1.29, 1.82) is 0 Å². The summed E-state index contributed by atoms with van der Waals surface area (Å²) in [6.45, 7) is 0.943. The van der Waals surface area contributed by atoms with Crippen molar-refractivity contribution in [3.8, 4) is 0 Å². The lowest BCUT2D eigenvalue weighted by molar-refractivity contribution is -0.136. The van der Waals surface area contributed by atoms with Gasteiger partial charge in [-0.2, -0.15) is 0 Å². The van der Waals surface area contributed by atoms with Crippen LogP contribution >= 0.6 is 0 Å². The quantitative estimate of drug-likeness (QED) is 0.724. The van der Waals surface area contributed by atoms with Gasteiger partial charge in [-0.3, -0.25) is 4.79 Å². The van der Waals surface area contributed by atoms with E-state index in [1.54, 1.807) is 30.4 Å². The Kier molecular flexibility index (Phi) is 5.22. The number of rotatable bonds is 6. The van der Waals surface area contributed by atoms with Crippen LogP contribution in [0.1, 0.15) is 12.0 Å². The van der Waals surface area contributed by atoms with E-state index in [9.17, 15) is 9.18 Å². The number of carboxylic acids is 1. The van der Waals surface area contributed by atoms with E-state index in [4.69, 9.17) is 5.11 Å². The van der Waals surface area contributed by atoms with E-state index in [-0.39, 0.29) is 12.2 Å². The van der Waals surface area contributed by atoms with Crippen LogP contribution in [0.5, 0.6) is 0 Å². The number of hydrogen-bond donors (Lipinski definition) is 2. The Morgan fingerprint density at radius 1 is 1.44 bits per heavy atom. The van der Waals surface area contributed by atoms with Gasteiger partial charge < -0.3 is 10.4 Å². The van der Waals surface area contributed by atoms with E-state index < -0.39 is 5.97 Å². The molecule has 0 amide bonds. The number of hydrogen-bond acceptors (Lipinski definition) is 2. The Labute approximate surface area is 93.6 Å².